The van der Waals surface area contributed by atoms with E-state index >= 15 is 0 Å². The molecule has 1 aliphatic heterocycles. The van der Waals surface area contributed by atoms with Crippen molar-refractivity contribution in [3.63, 3.8) is 0 Å². The van der Waals surface area contributed by atoms with Crippen LogP contribution in [0.2, 0.25) is 0 Å². The van der Waals surface area contributed by atoms with Gasteiger partial charge < -0.3 is 9.84 Å². The van der Waals surface area contributed by atoms with Crippen LogP contribution in [-0.2, 0) is 13.1 Å². The molecule has 0 unspecified atom stereocenters. The number of rotatable bonds is 7. The van der Waals surface area contributed by atoms with Gasteiger partial charge in [-0.1, -0.05) is 18.2 Å². The van der Waals surface area contributed by atoms with Gasteiger partial charge in [0.25, 0.3) is 0 Å². The SMILES string of the molecule is COc1cccc(CN2CCN(Cc3cccs3)[C@H](CCO)C2)c1. The number of methoxy groups -OCH3 is 1. The Morgan fingerprint density at radius 1 is 1.21 bits per heavy atom. The Balaban J connectivity index is 1.61. The fourth-order valence-corrected chi connectivity index (χ4v) is 4.09. The third kappa shape index (κ3) is 4.57. The van der Waals surface area contributed by atoms with Gasteiger partial charge in [0.05, 0.1) is 7.11 Å². The molecule has 130 valence electrons. The van der Waals surface area contributed by atoms with E-state index < -0.39 is 0 Å². The number of aliphatic hydroxyl groups is 1. The molecule has 1 N–H and O–H groups in total. The van der Waals surface area contributed by atoms with Crippen LogP contribution in [0.4, 0.5) is 0 Å². The van der Waals surface area contributed by atoms with Gasteiger partial charge in [0.1, 0.15) is 5.75 Å². The molecule has 1 aromatic heterocycles. The summed E-state index contributed by atoms with van der Waals surface area (Å²) in [6.07, 6.45) is 0.833. The summed E-state index contributed by atoms with van der Waals surface area (Å²) in [7, 11) is 1.71. The Kier molecular flexibility index (Phi) is 6.26. The van der Waals surface area contributed by atoms with Crippen molar-refractivity contribution in [1.29, 1.82) is 0 Å². The third-order valence-corrected chi connectivity index (χ3v) is 5.49. The van der Waals surface area contributed by atoms with Crippen LogP contribution in [0, 0.1) is 0 Å². The molecule has 24 heavy (non-hydrogen) atoms. The van der Waals surface area contributed by atoms with Crippen molar-refractivity contribution in [3.8, 4) is 5.75 Å². The van der Waals surface area contributed by atoms with Crippen molar-refractivity contribution < 1.29 is 9.84 Å². The quantitative estimate of drug-likeness (QED) is 0.836. The standard InChI is InChI=1S/C19H26N2O2S/c1-23-18-5-2-4-16(12-18)13-20-8-9-21(17(14-20)7-10-22)15-19-6-3-11-24-19/h2-6,11-12,17,22H,7-10,13-15H2,1H3/t17-/m1/s1. The average Bonchev–Trinajstić information content (AvgIpc) is 3.11. The zero-order valence-electron chi connectivity index (χ0n) is 14.2. The summed E-state index contributed by atoms with van der Waals surface area (Å²) in [6, 6.07) is 13.0. The minimum atomic E-state index is 0.249. The highest BCUT2D eigenvalue weighted by Crippen LogP contribution is 2.21. The van der Waals surface area contributed by atoms with Crippen LogP contribution in [0.5, 0.6) is 5.75 Å². The van der Waals surface area contributed by atoms with E-state index in [1.54, 1.807) is 7.11 Å². The van der Waals surface area contributed by atoms with E-state index in [0.29, 0.717) is 6.04 Å². The summed E-state index contributed by atoms with van der Waals surface area (Å²) < 4.78 is 5.32. The van der Waals surface area contributed by atoms with Crippen LogP contribution < -0.4 is 4.74 Å². The highest BCUT2D eigenvalue weighted by atomic mass is 32.1. The zero-order valence-corrected chi connectivity index (χ0v) is 15.0. The maximum Gasteiger partial charge on any atom is 0.119 e. The molecule has 4 nitrogen and oxygen atoms in total. The first-order valence-electron chi connectivity index (χ1n) is 8.51. The molecule has 0 aliphatic carbocycles. The van der Waals surface area contributed by atoms with Crippen molar-refractivity contribution in [3.05, 3.63) is 52.2 Å². The predicted molar refractivity (Wildman–Crippen MR) is 98.5 cm³/mol. The summed E-state index contributed by atoms with van der Waals surface area (Å²) in [6.45, 7) is 5.29. The van der Waals surface area contributed by atoms with Gasteiger partial charge >= 0.3 is 0 Å². The number of hydrogen-bond donors (Lipinski definition) is 1. The van der Waals surface area contributed by atoms with E-state index in [4.69, 9.17) is 4.74 Å². The van der Waals surface area contributed by atoms with Gasteiger partial charge in [0, 0.05) is 50.2 Å². The predicted octanol–water partition coefficient (Wildman–Crippen LogP) is 2.83. The first kappa shape index (κ1) is 17.4. The van der Waals surface area contributed by atoms with Gasteiger partial charge in [0.2, 0.25) is 0 Å². The largest absolute Gasteiger partial charge is 0.497 e. The number of aliphatic hydroxyl groups excluding tert-OH is 1. The van der Waals surface area contributed by atoms with Gasteiger partial charge in [-0.15, -0.1) is 11.3 Å². The average molecular weight is 346 g/mol. The molecule has 1 aromatic carbocycles. The lowest BCUT2D eigenvalue weighted by molar-refractivity contribution is 0.0506. The third-order valence-electron chi connectivity index (χ3n) is 4.63. The van der Waals surface area contributed by atoms with Crippen molar-refractivity contribution in [2.45, 2.75) is 25.6 Å². The fourth-order valence-electron chi connectivity index (χ4n) is 3.36. The van der Waals surface area contributed by atoms with Crippen molar-refractivity contribution in [2.75, 3.05) is 33.4 Å². The summed E-state index contributed by atoms with van der Waals surface area (Å²) in [5, 5.41) is 11.6. The molecule has 0 radical (unpaired) electrons. The molecule has 1 atom stereocenters. The molecular formula is C19H26N2O2S. The molecule has 0 saturated carbocycles. The molecule has 0 bridgehead atoms. The van der Waals surface area contributed by atoms with E-state index in [9.17, 15) is 5.11 Å². The Bertz CT molecular complexity index is 618. The number of hydrogen-bond acceptors (Lipinski definition) is 5. The van der Waals surface area contributed by atoms with Gasteiger partial charge in [-0.3, -0.25) is 9.80 Å². The maximum atomic E-state index is 9.45. The monoisotopic (exact) mass is 346 g/mol. The van der Waals surface area contributed by atoms with Crippen molar-refractivity contribution in [2.24, 2.45) is 0 Å². The lowest BCUT2D eigenvalue weighted by Gasteiger charge is -2.41. The number of piperazine rings is 1. The Labute approximate surface area is 148 Å². The summed E-state index contributed by atoms with van der Waals surface area (Å²) in [5.74, 6) is 0.913. The molecule has 0 spiro atoms. The van der Waals surface area contributed by atoms with Crippen LogP contribution in [0.1, 0.15) is 16.9 Å². The van der Waals surface area contributed by atoms with E-state index in [-0.39, 0.29) is 6.61 Å². The van der Waals surface area contributed by atoms with Crippen LogP contribution in [-0.4, -0.2) is 54.3 Å². The molecule has 2 aromatic rings. The zero-order chi connectivity index (χ0) is 16.8. The van der Waals surface area contributed by atoms with Crippen LogP contribution >= 0.6 is 11.3 Å². The van der Waals surface area contributed by atoms with E-state index in [2.05, 4.69) is 39.4 Å². The molecular weight excluding hydrogens is 320 g/mol. The van der Waals surface area contributed by atoms with Crippen LogP contribution in [0.15, 0.2) is 41.8 Å². The minimum absolute atomic E-state index is 0.249. The van der Waals surface area contributed by atoms with Crippen molar-refractivity contribution in [1.82, 2.24) is 9.80 Å². The summed E-state index contributed by atoms with van der Waals surface area (Å²) in [5.41, 5.74) is 1.28. The first-order valence-corrected chi connectivity index (χ1v) is 9.39. The van der Waals surface area contributed by atoms with Crippen LogP contribution in [0.25, 0.3) is 0 Å². The fraction of sp³-hybridized carbons (Fsp3) is 0.474. The lowest BCUT2D eigenvalue weighted by atomic mass is 10.1. The first-order chi connectivity index (χ1) is 11.8. The highest BCUT2D eigenvalue weighted by Gasteiger charge is 2.26. The molecule has 2 heterocycles. The number of nitrogens with zero attached hydrogens (tertiary/aromatic N) is 2. The molecule has 0 amide bonds. The number of benzene rings is 1. The molecule has 1 aliphatic rings. The molecule has 5 heteroatoms. The second-order valence-electron chi connectivity index (χ2n) is 6.30. The highest BCUT2D eigenvalue weighted by molar-refractivity contribution is 7.09. The van der Waals surface area contributed by atoms with Gasteiger partial charge in [-0.2, -0.15) is 0 Å². The Hall–Kier alpha value is -1.40. The maximum absolute atomic E-state index is 9.45. The normalized spacial score (nSPS) is 19.5. The van der Waals surface area contributed by atoms with E-state index in [0.717, 1.165) is 44.9 Å². The lowest BCUT2D eigenvalue weighted by Crippen LogP contribution is -2.52. The minimum Gasteiger partial charge on any atom is -0.497 e. The number of ether oxygens (including phenoxy) is 1. The number of thiophene rings is 1. The topological polar surface area (TPSA) is 35.9 Å². The Morgan fingerprint density at radius 3 is 2.88 bits per heavy atom. The summed E-state index contributed by atoms with van der Waals surface area (Å²) >= 11 is 1.81. The molecule has 3 rings (SSSR count). The van der Waals surface area contributed by atoms with Gasteiger partial charge in [0.15, 0.2) is 0 Å². The van der Waals surface area contributed by atoms with Crippen molar-refractivity contribution >= 4 is 11.3 Å². The molecule has 1 fully saturated rings. The smallest absolute Gasteiger partial charge is 0.119 e. The summed E-state index contributed by atoms with van der Waals surface area (Å²) in [4.78, 5) is 6.41. The molecule has 1 saturated heterocycles. The van der Waals surface area contributed by atoms with Gasteiger partial charge in [-0.05, 0) is 35.6 Å². The Morgan fingerprint density at radius 2 is 2.12 bits per heavy atom. The second kappa shape index (κ2) is 8.62. The van der Waals surface area contributed by atoms with E-state index in [1.807, 2.05) is 23.5 Å². The second-order valence-corrected chi connectivity index (χ2v) is 7.33. The van der Waals surface area contributed by atoms with E-state index in [1.165, 1.54) is 10.4 Å². The van der Waals surface area contributed by atoms with Crippen LogP contribution in [0.3, 0.4) is 0 Å². The van der Waals surface area contributed by atoms with Gasteiger partial charge in [-0.25, -0.2) is 0 Å².